The van der Waals surface area contributed by atoms with Crippen molar-refractivity contribution in [3.63, 3.8) is 0 Å². The van der Waals surface area contributed by atoms with Crippen LogP contribution in [0.25, 0.3) is 10.9 Å². The fraction of sp³-hybridized carbons (Fsp3) is 0.526. The first-order valence-electron chi connectivity index (χ1n) is 8.59. The van der Waals surface area contributed by atoms with E-state index in [-0.39, 0.29) is 11.4 Å². The maximum Gasteiger partial charge on any atom is 0.124 e. The van der Waals surface area contributed by atoms with E-state index in [0.29, 0.717) is 0 Å². The number of piperazine rings is 1. The van der Waals surface area contributed by atoms with Gasteiger partial charge in [0.2, 0.25) is 0 Å². The highest BCUT2D eigenvalue weighted by Crippen LogP contribution is 2.26. The van der Waals surface area contributed by atoms with E-state index >= 15 is 0 Å². The second-order valence-corrected chi connectivity index (χ2v) is 7.43. The summed E-state index contributed by atoms with van der Waals surface area (Å²) < 4.78 is 13.7. The minimum atomic E-state index is -0.227. The number of pyridine rings is 1. The molecule has 1 aliphatic rings. The smallest absolute Gasteiger partial charge is 0.124 e. The molecule has 1 aliphatic heterocycles. The Balaban J connectivity index is 1.78. The summed E-state index contributed by atoms with van der Waals surface area (Å²) in [6, 6.07) is 6.77. The van der Waals surface area contributed by atoms with Gasteiger partial charge in [0.05, 0.1) is 5.52 Å². The monoisotopic (exact) mass is 330 g/mol. The van der Waals surface area contributed by atoms with Gasteiger partial charge in [-0.1, -0.05) is 0 Å². The lowest BCUT2D eigenvalue weighted by molar-refractivity contribution is 0.0699. The number of rotatable bonds is 4. The Morgan fingerprint density at radius 2 is 1.88 bits per heavy atom. The zero-order chi connectivity index (χ0) is 17.3. The number of nitrogens with one attached hydrogen (secondary N) is 1. The Hall–Kier alpha value is -1.72. The van der Waals surface area contributed by atoms with E-state index in [0.717, 1.165) is 55.0 Å². The number of fused-ring (bicyclic) bond motifs is 1. The van der Waals surface area contributed by atoms with Crippen molar-refractivity contribution in [1.82, 2.24) is 14.8 Å². The summed E-state index contributed by atoms with van der Waals surface area (Å²) in [5.41, 5.74) is 2.77. The summed E-state index contributed by atoms with van der Waals surface area (Å²) in [5, 5.41) is 4.38. The molecule has 0 atom stereocenters. The molecular weight excluding hydrogens is 303 g/mol. The maximum absolute atomic E-state index is 13.7. The molecule has 24 heavy (non-hydrogen) atoms. The van der Waals surface area contributed by atoms with E-state index in [1.165, 1.54) is 6.07 Å². The number of benzene rings is 1. The lowest BCUT2D eigenvalue weighted by Gasteiger charge is -2.43. The van der Waals surface area contributed by atoms with Crippen LogP contribution in [0, 0.1) is 12.7 Å². The minimum Gasteiger partial charge on any atom is -0.383 e. The Bertz CT molecular complexity index is 721. The van der Waals surface area contributed by atoms with E-state index in [4.69, 9.17) is 0 Å². The number of halogens is 1. The number of anilines is 1. The van der Waals surface area contributed by atoms with Gasteiger partial charge in [-0.2, -0.15) is 0 Å². The van der Waals surface area contributed by atoms with Crippen LogP contribution in [0.1, 0.15) is 19.5 Å². The molecule has 1 fully saturated rings. The number of aromatic nitrogens is 1. The molecular formula is C19H27FN4. The highest BCUT2D eigenvalue weighted by molar-refractivity contribution is 5.91. The molecule has 4 nitrogen and oxygen atoms in total. The normalized spacial score (nSPS) is 17.4. The van der Waals surface area contributed by atoms with Crippen LogP contribution in [-0.2, 0) is 0 Å². The summed E-state index contributed by atoms with van der Waals surface area (Å²) >= 11 is 0. The van der Waals surface area contributed by atoms with E-state index in [1.807, 2.05) is 13.0 Å². The summed E-state index contributed by atoms with van der Waals surface area (Å²) in [5.74, 6) is -0.227. The van der Waals surface area contributed by atoms with Crippen LogP contribution in [-0.4, -0.2) is 60.1 Å². The van der Waals surface area contributed by atoms with Crippen LogP contribution in [0.4, 0.5) is 10.1 Å². The first-order chi connectivity index (χ1) is 11.3. The summed E-state index contributed by atoms with van der Waals surface area (Å²) in [7, 11) is 2.17. The van der Waals surface area contributed by atoms with Crippen molar-refractivity contribution < 1.29 is 4.39 Å². The highest BCUT2D eigenvalue weighted by atomic mass is 19.1. The van der Waals surface area contributed by atoms with Crippen LogP contribution in [0.5, 0.6) is 0 Å². The summed E-state index contributed by atoms with van der Waals surface area (Å²) in [4.78, 5) is 9.39. The van der Waals surface area contributed by atoms with Gasteiger partial charge in [-0.3, -0.25) is 9.88 Å². The Labute approximate surface area is 143 Å². The third-order valence-electron chi connectivity index (χ3n) is 4.97. The predicted octanol–water partition coefficient (Wildman–Crippen LogP) is 3.12. The lowest BCUT2D eigenvalue weighted by atomic mass is 10.0. The Kier molecular flexibility index (Phi) is 4.74. The third kappa shape index (κ3) is 3.68. The van der Waals surface area contributed by atoms with Crippen molar-refractivity contribution in [2.45, 2.75) is 26.3 Å². The molecule has 2 heterocycles. The van der Waals surface area contributed by atoms with Crippen molar-refractivity contribution in [2.24, 2.45) is 0 Å². The van der Waals surface area contributed by atoms with Crippen molar-refractivity contribution >= 4 is 16.6 Å². The van der Waals surface area contributed by atoms with E-state index in [1.54, 1.807) is 12.1 Å². The van der Waals surface area contributed by atoms with Crippen molar-refractivity contribution in [1.29, 1.82) is 0 Å². The van der Waals surface area contributed by atoms with E-state index in [9.17, 15) is 4.39 Å². The van der Waals surface area contributed by atoms with Gasteiger partial charge < -0.3 is 10.2 Å². The molecule has 1 aromatic carbocycles. The number of nitrogens with zero attached hydrogens (tertiary/aromatic N) is 3. The molecule has 0 amide bonds. The number of likely N-dealkylation sites (N-methyl/N-ethyl adjacent to an activating group) is 1. The molecule has 0 radical (unpaired) electrons. The summed E-state index contributed by atoms with van der Waals surface area (Å²) in [6.45, 7) is 11.7. The SMILES string of the molecule is Cc1cc(NCC(C)(C)N2CCN(C)CC2)c2cc(F)ccc2n1. The van der Waals surface area contributed by atoms with Gasteiger partial charge in [0, 0.05) is 55.0 Å². The zero-order valence-electron chi connectivity index (χ0n) is 15.1. The molecule has 1 aromatic heterocycles. The quantitative estimate of drug-likeness (QED) is 0.933. The molecule has 0 spiro atoms. The number of hydrogen-bond acceptors (Lipinski definition) is 4. The van der Waals surface area contributed by atoms with Gasteiger partial charge in [-0.15, -0.1) is 0 Å². The second kappa shape index (κ2) is 6.65. The second-order valence-electron chi connectivity index (χ2n) is 7.43. The largest absolute Gasteiger partial charge is 0.383 e. The number of hydrogen-bond donors (Lipinski definition) is 1. The fourth-order valence-electron chi connectivity index (χ4n) is 3.31. The third-order valence-corrected chi connectivity index (χ3v) is 4.97. The van der Waals surface area contributed by atoms with Gasteiger partial charge in [-0.05, 0) is 52.1 Å². The lowest BCUT2D eigenvalue weighted by Crippen LogP contribution is -2.56. The highest BCUT2D eigenvalue weighted by Gasteiger charge is 2.29. The first kappa shape index (κ1) is 17.1. The summed E-state index contributed by atoms with van der Waals surface area (Å²) in [6.07, 6.45) is 0. The van der Waals surface area contributed by atoms with Gasteiger partial charge in [0.25, 0.3) is 0 Å². The molecule has 1 saturated heterocycles. The molecule has 2 aromatic rings. The zero-order valence-corrected chi connectivity index (χ0v) is 15.1. The molecule has 0 bridgehead atoms. The molecule has 0 unspecified atom stereocenters. The van der Waals surface area contributed by atoms with Gasteiger partial charge in [0.15, 0.2) is 0 Å². The average molecular weight is 330 g/mol. The van der Waals surface area contributed by atoms with Crippen molar-refractivity contribution in [3.05, 3.63) is 35.8 Å². The van der Waals surface area contributed by atoms with Crippen molar-refractivity contribution in [3.8, 4) is 0 Å². The van der Waals surface area contributed by atoms with Crippen LogP contribution in [0.15, 0.2) is 24.3 Å². The topological polar surface area (TPSA) is 31.4 Å². The van der Waals surface area contributed by atoms with Gasteiger partial charge in [-0.25, -0.2) is 4.39 Å². The van der Waals surface area contributed by atoms with Crippen LogP contribution < -0.4 is 5.32 Å². The molecule has 3 rings (SSSR count). The molecule has 5 heteroatoms. The van der Waals surface area contributed by atoms with Crippen LogP contribution in [0.3, 0.4) is 0 Å². The molecule has 0 aliphatic carbocycles. The first-order valence-corrected chi connectivity index (χ1v) is 8.59. The maximum atomic E-state index is 13.7. The Morgan fingerprint density at radius 3 is 2.58 bits per heavy atom. The minimum absolute atomic E-state index is 0.0398. The standard InChI is InChI=1S/C19H27FN4/c1-14-11-18(16-12-15(20)5-6-17(16)22-14)21-13-19(2,3)24-9-7-23(4)8-10-24/h5-6,11-12H,7-10,13H2,1-4H3,(H,21,22). The molecule has 0 saturated carbocycles. The van der Waals surface area contributed by atoms with E-state index in [2.05, 4.69) is 41.0 Å². The van der Waals surface area contributed by atoms with Crippen LogP contribution in [0.2, 0.25) is 0 Å². The van der Waals surface area contributed by atoms with Crippen LogP contribution >= 0.6 is 0 Å². The molecule has 1 N–H and O–H groups in total. The molecule has 130 valence electrons. The fourth-order valence-corrected chi connectivity index (χ4v) is 3.31. The average Bonchev–Trinajstić information content (AvgIpc) is 2.53. The van der Waals surface area contributed by atoms with Gasteiger partial charge in [0.1, 0.15) is 5.82 Å². The Morgan fingerprint density at radius 1 is 1.17 bits per heavy atom. The van der Waals surface area contributed by atoms with E-state index < -0.39 is 0 Å². The number of aryl methyl sites for hydroxylation is 1. The van der Waals surface area contributed by atoms with Gasteiger partial charge >= 0.3 is 0 Å². The van der Waals surface area contributed by atoms with Crippen molar-refractivity contribution in [2.75, 3.05) is 45.1 Å². The predicted molar refractivity (Wildman–Crippen MR) is 98.1 cm³/mol.